The second-order valence-electron chi connectivity index (χ2n) is 4.32. The van der Waals surface area contributed by atoms with Gasteiger partial charge >= 0.3 is 0 Å². The van der Waals surface area contributed by atoms with Crippen LogP contribution in [-0.2, 0) is 6.54 Å². The molecule has 2 nitrogen and oxygen atoms in total. The normalized spacial score (nSPS) is 10.5. The van der Waals surface area contributed by atoms with Gasteiger partial charge in [0.2, 0.25) is 0 Å². The highest BCUT2D eigenvalue weighted by Gasteiger charge is 2.05. The van der Waals surface area contributed by atoms with Crippen molar-refractivity contribution < 1.29 is 9.13 Å². The summed E-state index contributed by atoms with van der Waals surface area (Å²) in [6.45, 7) is 3.39. The Balaban J connectivity index is 2.27. The number of rotatable bonds is 5. The zero-order valence-corrected chi connectivity index (χ0v) is 11.2. The third-order valence-electron chi connectivity index (χ3n) is 3.02. The van der Waals surface area contributed by atoms with Crippen molar-refractivity contribution in [2.75, 3.05) is 13.7 Å². The Hall–Kier alpha value is -1.87. The quantitative estimate of drug-likeness (QED) is 0.885. The van der Waals surface area contributed by atoms with Gasteiger partial charge in [0.05, 0.1) is 7.11 Å². The fraction of sp³-hybridized carbons (Fsp3) is 0.250. The number of halogens is 1. The highest BCUT2D eigenvalue weighted by Crippen LogP contribution is 2.25. The predicted octanol–water partition coefficient (Wildman–Crippen LogP) is 3.61. The minimum Gasteiger partial charge on any atom is -0.497 e. The van der Waals surface area contributed by atoms with E-state index in [1.54, 1.807) is 13.2 Å². The van der Waals surface area contributed by atoms with Crippen LogP contribution in [0.1, 0.15) is 12.5 Å². The Kier molecular flexibility index (Phi) is 4.53. The van der Waals surface area contributed by atoms with Gasteiger partial charge in [-0.3, -0.25) is 0 Å². The lowest BCUT2D eigenvalue weighted by Crippen LogP contribution is -2.12. The van der Waals surface area contributed by atoms with Crippen LogP contribution >= 0.6 is 0 Å². The van der Waals surface area contributed by atoms with E-state index in [0.29, 0.717) is 12.1 Å². The second kappa shape index (κ2) is 6.34. The highest BCUT2D eigenvalue weighted by molar-refractivity contribution is 5.65. The number of ether oxygens (including phenoxy) is 1. The molecule has 0 amide bonds. The Morgan fingerprint density at radius 2 is 1.89 bits per heavy atom. The van der Waals surface area contributed by atoms with E-state index < -0.39 is 0 Å². The van der Waals surface area contributed by atoms with Crippen molar-refractivity contribution in [1.29, 1.82) is 0 Å². The van der Waals surface area contributed by atoms with Crippen LogP contribution in [0, 0.1) is 5.82 Å². The van der Waals surface area contributed by atoms with Crippen LogP contribution in [0.2, 0.25) is 0 Å². The van der Waals surface area contributed by atoms with Crippen molar-refractivity contribution in [3.05, 3.63) is 53.8 Å². The molecule has 0 aromatic heterocycles. The van der Waals surface area contributed by atoms with Crippen molar-refractivity contribution in [1.82, 2.24) is 5.32 Å². The first-order valence-electron chi connectivity index (χ1n) is 6.38. The maximum Gasteiger partial charge on any atom is 0.128 e. The third kappa shape index (κ3) is 3.32. The molecule has 0 saturated heterocycles. The molecule has 0 spiro atoms. The molecule has 0 bridgehead atoms. The lowest BCUT2D eigenvalue weighted by atomic mass is 10.0. The van der Waals surface area contributed by atoms with Crippen LogP contribution < -0.4 is 10.1 Å². The second-order valence-corrected chi connectivity index (χ2v) is 4.32. The van der Waals surface area contributed by atoms with E-state index in [-0.39, 0.29) is 5.82 Å². The van der Waals surface area contributed by atoms with Gasteiger partial charge in [-0.2, -0.15) is 0 Å². The number of nitrogens with one attached hydrogen (secondary N) is 1. The summed E-state index contributed by atoms with van der Waals surface area (Å²) in [4.78, 5) is 0. The Morgan fingerprint density at radius 1 is 1.11 bits per heavy atom. The SMILES string of the molecule is CCNCc1ccc(-c2cccc(OC)c2)cc1F. The monoisotopic (exact) mass is 259 g/mol. The summed E-state index contributed by atoms with van der Waals surface area (Å²) in [7, 11) is 1.62. The Morgan fingerprint density at radius 3 is 2.58 bits per heavy atom. The summed E-state index contributed by atoms with van der Waals surface area (Å²) < 4.78 is 19.1. The summed E-state index contributed by atoms with van der Waals surface area (Å²) >= 11 is 0. The Labute approximate surface area is 113 Å². The van der Waals surface area contributed by atoms with Gasteiger partial charge in [-0.15, -0.1) is 0 Å². The van der Waals surface area contributed by atoms with Gasteiger partial charge in [0.15, 0.2) is 0 Å². The molecule has 0 unspecified atom stereocenters. The Bertz CT molecular complexity index is 554. The van der Waals surface area contributed by atoms with E-state index >= 15 is 0 Å². The fourth-order valence-corrected chi connectivity index (χ4v) is 1.93. The first-order valence-corrected chi connectivity index (χ1v) is 6.38. The zero-order valence-electron chi connectivity index (χ0n) is 11.2. The van der Waals surface area contributed by atoms with Gasteiger partial charge in [0.1, 0.15) is 11.6 Å². The molecule has 0 aliphatic carbocycles. The van der Waals surface area contributed by atoms with E-state index in [0.717, 1.165) is 23.4 Å². The summed E-state index contributed by atoms with van der Waals surface area (Å²) in [6, 6.07) is 13.0. The van der Waals surface area contributed by atoms with Crippen LogP contribution in [0.25, 0.3) is 11.1 Å². The molecule has 2 aromatic carbocycles. The van der Waals surface area contributed by atoms with Crippen LogP contribution in [0.3, 0.4) is 0 Å². The first kappa shape index (κ1) is 13.6. The van der Waals surface area contributed by atoms with Gasteiger partial charge in [-0.05, 0) is 35.9 Å². The molecule has 19 heavy (non-hydrogen) atoms. The van der Waals surface area contributed by atoms with Crippen LogP contribution in [0.5, 0.6) is 5.75 Å². The van der Waals surface area contributed by atoms with Crippen molar-refractivity contribution >= 4 is 0 Å². The van der Waals surface area contributed by atoms with Crippen molar-refractivity contribution in [2.45, 2.75) is 13.5 Å². The molecular formula is C16H18FNO. The molecule has 0 fully saturated rings. The van der Waals surface area contributed by atoms with Crippen molar-refractivity contribution in [2.24, 2.45) is 0 Å². The van der Waals surface area contributed by atoms with Crippen molar-refractivity contribution in [3.63, 3.8) is 0 Å². The molecule has 0 aliphatic rings. The smallest absolute Gasteiger partial charge is 0.128 e. The molecule has 0 heterocycles. The number of hydrogen-bond acceptors (Lipinski definition) is 2. The van der Waals surface area contributed by atoms with E-state index in [1.165, 1.54) is 0 Å². The highest BCUT2D eigenvalue weighted by atomic mass is 19.1. The summed E-state index contributed by atoms with van der Waals surface area (Å²) in [5.41, 5.74) is 2.50. The topological polar surface area (TPSA) is 21.3 Å². The molecule has 2 rings (SSSR count). The maximum absolute atomic E-state index is 14.0. The molecule has 0 saturated carbocycles. The van der Waals surface area contributed by atoms with Crippen LogP contribution in [0.4, 0.5) is 4.39 Å². The van der Waals surface area contributed by atoms with E-state index in [9.17, 15) is 4.39 Å². The standard InChI is InChI=1S/C16H18FNO/c1-3-18-11-14-8-7-13(10-16(14)17)12-5-4-6-15(9-12)19-2/h4-10,18H,3,11H2,1-2H3. The number of benzene rings is 2. The molecule has 0 aliphatic heterocycles. The van der Waals surface area contributed by atoms with Crippen LogP contribution in [-0.4, -0.2) is 13.7 Å². The predicted molar refractivity (Wildman–Crippen MR) is 75.8 cm³/mol. The van der Waals surface area contributed by atoms with E-state index in [4.69, 9.17) is 4.74 Å². The molecule has 1 N–H and O–H groups in total. The van der Waals surface area contributed by atoms with E-state index in [2.05, 4.69) is 5.32 Å². The molecule has 0 radical (unpaired) electrons. The minimum atomic E-state index is -0.179. The first-order chi connectivity index (χ1) is 9.24. The minimum absolute atomic E-state index is 0.179. The molecule has 100 valence electrons. The van der Waals surface area contributed by atoms with Gasteiger partial charge in [0.25, 0.3) is 0 Å². The fourth-order valence-electron chi connectivity index (χ4n) is 1.93. The molecule has 0 atom stereocenters. The van der Waals surface area contributed by atoms with Crippen LogP contribution in [0.15, 0.2) is 42.5 Å². The molecular weight excluding hydrogens is 241 g/mol. The number of methoxy groups -OCH3 is 1. The number of hydrogen-bond donors (Lipinski definition) is 1. The third-order valence-corrected chi connectivity index (χ3v) is 3.02. The van der Waals surface area contributed by atoms with Gasteiger partial charge in [0, 0.05) is 12.1 Å². The average molecular weight is 259 g/mol. The lowest BCUT2D eigenvalue weighted by Gasteiger charge is -2.08. The van der Waals surface area contributed by atoms with Gasteiger partial charge in [-0.25, -0.2) is 4.39 Å². The van der Waals surface area contributed by atoms with E-state index in [1.807, 2.05) is 43.3 Å². The summed E-state index contributed by atoms with van der Waals surface area (Å²) in [6.07, 6.45) is 0. The summed E-state index contributed by atoms with van der Waals surface area (Å²) in [5, 5.41) is 3.12. The maximum atomic E-state index is 14.0. The lowest BCUT2D eigenvalue weighted by molar-refractivity contribution is 0.415. The van der Waals surface area contributed by atoms with Gasteiger partial charge < -0.3 is 10.1 Å². The molecule has 2 aromatic rings. The largest absolute Gasteiger partial charge is 0.497 e. The van der Waals surface area contributed by atoms with Crippen molar-refractivity contribution in [3.8, 4) is 16.9 Å². The zero-order chi connectivity index (χ0) is 13.7. The average Bonchev–Trinajstić information content (AvgIpc) is 2.46. The molecule has 3 heteroatoms. The van der Waals surface area contributed by atoms with Gasteiger partial charge in [-0.1, -0.05) is 31.2 Å². The summed E-state index contributed by atoms with van der Waals surface area (Å²) in [5.74, 6) is 0.593.